The van der Waals surface area contributed by atoms with E-state index in [0.29, 0.717) is 23.9 Å². The van der Waals surface area contributed by atoms with Crippen LogP contribution in [-0.4, -0.2) is 16.6 Å². The minimum Gasteiger partial charge on any atom is -0.492 e. The zero-order chi connectivity index (χ0) is 13.8. The molecular formula is C14H16FN3O. The van der Waals surface area contributed by atoms with Crippen LogP contribution < -0.4 is 10.1 Å². The molecule has 4 nitrogen and oxygen atoms in total. The van der Waals surface area contributed by atoms with E-state index in [4.69, 9.17) is 4.74 Å². The van der Waals surface area contributed by atoms with Crippen molar-refractivity contribution in [1.29, 1.82) is 0 Å². The maximum absolute atomic E-state index is 13.2. The second kappa shape index (κ2) is 5.65. The monoisotopic (exact) mass is 261 g/mol. The van der Waals surface area contributed by atoms with Crippen LogP contribution in [0.25, 0.3) is 0 Å². The number of hydrogen-bond donors (Lipinski definition) is 1. The summed E-state index contributed by atoms with van der Waals surface area (Å²) in [5.41, 5.74) is 2.54. The van der Waals surface area contributed by atoms with Gasteiger partial charge in [0.15, 0.2) is 0 Å². The van der Waals surface area contributed by atoms with Gasteiger partial charge in [-0.25, -0.2) is 14.4 Å². The van der Waals surface area contributed by atoms with Crippen LogP contribution in [-0.2, 0) is 0 Å². The first-order valence-electron chi connectivity index (χ1n) is 6.09. The van der Waals surface area contributed by atoms with E-state index < -0.39 is 0 Å². The van der Waals surface area contributed by atoms with Crippen molar-refractivity contribution in [3.63, 3.8) is 0 Å². The highest BCUT2D eigenvalue weighted by Gasteiger charge is 2.09. The van der Waals surface area contributed by atoms with Crippen LogP contribution >= 0.6 is 0 Å². The molecular weight excluding hydrogens is 245 g/mol. The van der Waals surface area contributed by atoms with E-state index in [-0.39, 0.29) is 5.82 Å². The molecule has 0 saturated heterocycles. The maximum atomic E-state index is 13.2. The van der Waals surface area contributed by atoms with E-state index in [9.17, 15) is 4.39 Å². The number of halogens is 1. The van der Waals surface area contributed by atoms with Gasteiger partial charge in [-0.1, -0.05) is 0 Å². The Kier molecular flexibility index (Phi) is 3.94. The largest absolute Gasteiger partial charge is 0.492 e. The molecule has 0 radical (unpaired) electrons. The molecule has 0 atom stereocenters. The first-order chi connectivity index (χ1) is 9.11. The number of nitrogens with one attached hydrogen (secondary N) is 1. The number of aryl methyl sites for hydroxylation is 1. The molecule has 1 aromatic heterocycles. The van der Waals surface area contributed by atoms with Crippen LogP contribution in [0, 0.1) is 19.7 Å². The summed E-state index contributed by atoms with van der Waals surface area (Å²) in [4.78, 5) is 8.30. The fraction of sp³-hybridized carbons (Fsp3) is 0.286. The third-order valence-corrected chi connectivity index (χ3v) is 2.83. The van der Waals surface area contributed by atoms with Crippen LogP contribution in [0.4, 0.5) is 15.9 Å². The first-order valence-corrected chi connectivity index (χ1v) is 6.09. The lowest BCUT2D eigenvalue weighted by Crippen LogP contribution is -2.02. The van der Waals surface area contributed by atoms with Gasteiger partial charge in [0, 0.05) is 17.3 Å². The van der Waals surface area contributed by atoms with Gasteiger partial charge in [-0.2, -0.15) is 0 Å². The standard InChI is InChI=1S/C14H16FN3O/c1-4-19-13-7-11(15)5-6-12(13)18-14-9(2)10(3)16-8-17-14/h5-8H,4H2,1-3H3,(H,16,17,18). The van der Waals surface area contributed by atoms with E-state index >= 15 is 0 Å². The molecule has 1 N–H and O–H groups in total. The number of anilines is 2. The lowest BCUT2D eigenvalue weighted by molar-refractivity contribution is 0.340. The number of aromatic nitrogens is 2. The molecule has 19 heavy (non-hydrogen) atoms. The Morgan fingerprint density at radius 1 is 1.26 bits per heavy atom. The molecule has 0 amide bonds. The number of nitrogens with zero attached hydrogens (tertiary/aromatic N) is 2. The van der Waals surface area contributed by atoms with Crippen molar-refractivity contribution in [3.8, 4) is 5.75 Å². The van der Waals surface area contributed by atoms with Gasteiger partial charge >= 0.3 is 0 Å². The molecule has 0 saturated carbocycles. The Bertz CT molecular complexity index is 587. The summed E-state index contributed by atoms with van der Waals surface area (Å²) >= 11 is 0. The van der Waals surface area contributed by atoms with Gasteiger partial charge in [0.25, 0.3) is 0 Å². The average Bonchev–Trinajstić information content (AvgIpc) is 2.38. The Labute approximate surface area is 111 Å². The first kappa shape index (κ1) is 13.3. The predicted molar refractivity (Wildman–Crippen MR) is 72.4 cm³/mol. The third kappa shape index (κ3) is 2.99. The Morgan fingerprint density at radius 2 is 2.05 bits per heavy atom. The average molecular weight is 261 g/mol. The Morgan fingerprint density at radius 3 is 2.79 bits per heavy atom. The van der Waals surface area contributed by atoms with Crippen LogP contribution in [0.5, 0.6) is 5.75 Å². The summed E-state index contributed by atoms with van der Waals surface area (Å²) in [6.07, 6.45) is 1.49. The molecule has 100 valence electrons. The number of benzene rings is 1. The molecule has 2 rings (SSSR count). The summed E-state index contributed by atoms with van der Waals surface area (Å²) in [6, 6.07) is 4.38. The highest BCUT2D eigenvalue weighted by atomic mass is 19.1. The fourth-order valence-electron chi connectivity index (χ4n) is 1.67. The summed E-state index contributed by atoms with van der Waals surface area (Å²) in [7, 11) is 0. The maximum Gasteiger partial charge on any atom is 0.145 e. The zero-order valence-corrected chi connectivity index (χ0v) is 11.2. The van der Waals surface area contributed by atoms with Crippen LogP contribution in [0.3, 0.4) is 0 Å². The van der Waals surface area contributed by atoms with Gasteiger partial charge in [0.2, 0.25) is 0 Å². The molecule has 1 aromatic carbocycles. The normalized spacial score (nSPS) is 10.3. The van der Waals surface area contributed by atoms with E-state index in [0.717, 1.165) is 11.3 Å². The molecule has 0 fully saturated rings. The van der Waals surface area contributed by atoms with E-state index in [1.54, 1.807) is 6.07 Å². The van der Waals surface area contributed by atoms with Gasteiger partial charge in [0.1, 0.15) is 23.7 Å². The molecule has 5 heteroatoms. The predicted octanol–water partition coefficient (Wildman–Crippen LogP) is 3.37. The van der Waals surface area contributed by atoms with E-state index in [1.807, 2.05) is 20.8 Å². The minimum absolute atomic E-state index is 0.329. The van der Waals surface area contributed by atoms with E-state index in [2.05, 4.69) is 15.3 Å². The Balaban J connectivity index is 2.35. The highest BCUT2D eigenvalue weighted by Crippen LogP contribution is 2.29. The van der Waals surface area contributed by atoms with Crippen LogP contribution in [0.15, 0.2) is 24.5 Å². The smallest absolute Gasteiger partial charge is 0.145 e. The lowest BCUT2D eigenvalue weighted by atomic mass is 10.2. The summed E-state index contributed by atoms with van der Waals surface area (Å²) in [5, 5.41) is 3.15. The van der Waals surface area contributed by atoms with Crippen molar-refractivity contribution in [1.82, 2.24) is 9.97 Å². The minimum atomic E-state index is -0.329. The molecule has 1 heterocycles. The van der Waals surface area contributed by atoms with Gasteiger partial charge in [-0.05, 0) is 32.9 Å². The number of ether oxygens (including phenoxy) is 1. The SMILES string of the molecule is CCOc1cc(F)ccc1Nc1ncnc(C)c1C. The van der Waals surface area contributed by atoms with Gasteiger partial charge in [-0.3, -0.25) is 0 Å². The molecule has 0 unspecified atom stereocenters. The summed E-state index contributed by atoms with van der Waals surface area (Å²) < 4.78 is 18.6. The van der Waals surface area contributed by atoms with Crippen molar-refractivity contribution in [2.24, 2.45) is 0 Å². The topological polar surface area (TPSA) is 47.0 Å². The molecule has 0 bridgehead atoms. The van der Waals surface area contributed by atoms with Crippen molar-refractivity contribution < 1.29 is 9.13 Å². The molecule has 0 aliphatic heterocycles. The van der Waals surface area contributed by atoms with E-state index in [1.165, 1.54) is 18.5 Å². The van der Waals surface area contributed by atoms with Gasteiger partial charge in [-0.15, -0.1) is 0 Å². The van der Waals surface area contributed by atoms with Crippen LogP contribution in [0.1, 0.15) is 18.2 Å². The summed E-state index contributed by atoms with van der Waals surface area (Å²) in [5.74, 6) is 0.836. The lowest BCUT2D eigenvalue weighted by Gasteiger charge is -2.13. The summed E-state index contributed by atoms with van der Waals surface area (Å²) in [6.45, 7) is 6.17. The quantitative estimate of drug-likeness (QED) is 0.916. The zero-order valence-electron chi connectivity index (χ0n) is 11.2. The Hall–Kier alpha value is -2.17. The molecule has 0 aliphatic rings. The van der Waals surface area contributed by atoms with Crippen molar-refractivity contribution in [2.45, 2.75) is 20.8 Å². The fourth-order valence-corrected chi connectivity index (χ4v) is 1.67. The number of hydrogen-bond acceptors (Lipinski definition) is 4. The molecule has 0 aliphatic carbocycles. The van der Waals surface area contributed by atoms with Gasteiger partial charge in [0.05, 0.1) is 12.3 Å². The van der Waals surface area contributed by atoms with Crippen molar-refractivity contribution >= 4 is 11.5 Å². The molecule has 2 aromatic rings. The highest BCUT2D eigenvalue weighted by molar-refractivity contribution is 5.66. The second-order valence-corrected chi connectivity index (χ2v) is 4.13. The van der Waals surface area contributed by atoms with Crippen LogP contribution in [0.2, 0.25) is 0 Å². The van der Waals surface area contributed by atoms with Crippen molar-refractivity contribution in [2.75, 3.05) is 11.9 Å². The number of rotatable bonds is 4. The van der Waals surface area contributed by atoms with Crippen molar-refractivity contribution in [3.05, 3.63) is 41.6 Å². The molecule has 0 spiro atoms. The van der Waals surface area contributed by atoms with Gasteiger partial charge < -0.3 is 10.1 Å². The third-order valence-electron chi connectivity index (χ3n) is 2.83. The second-order valence-electron chi connectivity index (χ2n) is 4.13.